The van der Waals surface area contributed by atoms with Crippen molar-refractivity contribution in [3.05, 3.63) is 0 Å². The minimum Gasteiger partial charge on any atom is -0.368 e. The maximum Gasteiger partial charge on any atom is 0.103 e. The molecule has 46 valence electrons. The maximum absolute atomic E-state index is 5.75. The third-order valence-electron chi connectivity index (χ3n) is 1.51. The summed E-state index contributed by atoms with van der Waals surface area (Å²) in [6, 6.07) is 1.25. The molecule has 0 aromatic rings. The molecule has 0 amide bonds. The van der Waals surface area contributed by atoms with Crippen molar-refractivity contribution in [1.29, 1.82) is 0 Å². The smallest absolute Gasteiger partial charge is 0.103 e. The van der Waals surface area contributed by atoms with Gasteiger partial charge < -0.3 is 10.5 Å². The molecule has 1 heterocycles. The second-order valence-electron chi connectivity index (χ2n) is 2.12. The van der Waals surface area contributed by atoms with Gasteiger partial charge in [0.2, 0.25) is 0 Å². The Morgan fingerprint density at radius 3 is 2.75 bits per heavy atom. The van der Waals surface area contributed by atoms with Crippen LogP contribution in [0.3, 0.4) is 0 Å². The summed E-state index contributed by atoms with van der Waals surface area (Å²) >= 11 is 0. The minimum absolute atomic E-state index is 0.236. The fourth-order valence-electron chi connectivity index (χ4n) is 0.914. The average Bonchev–Trinajstić information content (AvgIpc) is 2.17. The highest BCUT2D eigenvalue weighted by molar-refractivity contribution is 6.40. The zero-order chi connectivity index (χ0) is 6.04. The van der Waals surface area contributed by atoms with Crippen LogP contribution in [0.25, 0.3) is 0 Å². The molecule has 0 spiro atoms. The van der Waals surface area contributed by atoms with Gasteiger partial charge in [0.05, 0.1) is 5.35 Å². The van der Waals surface area contributed by atoms with Gasteiger partial charge in [-0.2, -0.15) is 0 Å². The zero-order valence-electron chi connectivity index (χ0n) is 5.11. The average molecular weight is 129 g/mol. The molecule has 3 heteroatoms. The van der Waals surface area contributed by atoms with E-state index in [1.807, 2.05) is 0 Å². The van der Waals surface area contributed by atoms with Gasteiger partial charge in [-0.3, -0.25) is 0 Å². The Bertz CT molecular complexity index is 80.5. The van der Waals surface area contributed by atoms with E-state index in [4.69, 9.17) is 10.5 Å². The second kappa shape index (κ2) is 2.17. The molecular weight excluding hydrogens is 118 g/mol. The Morgan fingerprint density at radius 1 is 1.75 bits per heavy atom. The first-order valence-electron chi connectivity index (χ1n) is 2.86. The number of ether oxygens (including phenoxy) is 1. The van der Waals surface area contributed by atoms with E-state index in [-0.39, 0.29) is 5.35 Å². The van der Waals surface area contributed by atoms with Crippen molar-refractivity contribution in [1.82, 2.24) is 0 Å². The van der Waals surface area contributed by atoms with Gasteiger partial charge in [-0.25, -0.2) is 0 Å². The summed E-state index contributed by atoms with van der Waals surface area (Å²) < 4.78 is 5.09. The highest BCUT2D eigenvalue weighted by Crippen LogP contribution is 2.20. The molecule has 1 aliphatic heterocycles. The zero-order valence-corrected chi connectivity index (χ0v) is 6.11. The van der Waals surface area contributed by atoms with Crippen molar-refractivity contribution in [2.45, 2.75) is 24.2 Å². The monoisotopic (exact) mass is 129 g/mol. The highest BCUT2D eigenvalue weighted by atomic mass is 28.2. The molecule has 1 atom stereocenters. The van der Waals surface area contributed by atoms with E-state index in [0.29, 0.717) is 0 Å². The van der Waals surface area contributed by atoms with E-state index < -0.39 is 0 Å². The Hall–Kier alpha value is 0.137. The Kier molecular flexibility index (Phi) is 1.70. The molecule has 8 heavy (non-hydrogen) atoms. The van der Waals surface area contributed by atoms with Gasteiger partial charge in [0, 0.05) is 7.11 Å². The lowest BCUT2D eigenvalue weighted by atomic mass is 10.3. The van der Waals surface area contributed by atoms with E-state index >= 15 is 0 Å². The summed E-state index contributed by atoms with van der Waals surface area (Å²) in [5.74, 6) is 0. The van der Waals surface area contributed by atoms with Crippen LogP contribution in [-0.4, -0.2) is 22.0 Å². The highest BCUT2D eigenvalue weighted by Gasteiger charge is 2.29. The van der Waals surface area contributed by atoms with Crippen molar-refractivity contribution >= 4 is 9.52 Å². The Morgan fingerprint density at radius 2 is 2.50 bits per heavy atom. The van der Waals surface area contributed by atoms with E-state index in [9.17, 15) is 0 Å². The predicted molar refractivity (Wildman–Crippen MR) is 33.7 cm³/mol. The number of hydrogen-bond acceptors (Lipinski definition) is 2. The fraction of sp³-hybridized carbons (Fsp3) is 1.00. The molecule has 0 aromatic heterocycles. The first-order chi connectivity index (χ1) is 3.77. The molecule has 1 rings (SSSR count). The van der Waals surface area contributed by atoms with Gasteiger partial charge in [-0.15, -0.1) is 0 Å². The molecular formula is C5H11NOSi. The molecule has 2 N–H and O–H groups in total. The maximum atomic E-state index is 5.75. The van der Waals surface area contributed by atoms with Crippen molar-refractivity contribution in [2.24, 2.45) is 5.73 Å². The quantitative estimate of drug-likeness (QED) is 0.404. The van der Waals surface area contributed by atoms with Gasteiger partial charge in [0.15, 0.2) is 0 Å². The molecule has 0 aromatic carbocycles. The van der Waals surface area contributed by atoms with Crippen LogP contribution >= 0.6 is 0 Å². The first-order valence-corrected chi connectivity index (χ1v) is 4.07. The summed E-state index contributed by atoms with van der Waals surface area (Å²) in [7, 11) is 2.50. The van der Waals surface area contributed by atoms with Crippen LogP contribution < -0.4 is 5.73 Å². The van der Waals surface area contributed by atoms with E-state index in [1.165, 1.54) is 12.5 Å². The van der Waals surface area contributed by atoms with Gasteiger partial charge in [-0.1, -0.05) is 12.5 Å². The molecule has 1 fully saturated rings. The SMILES string of the molecule is COC1(N)CCC[Si]1. The van der Waals surface area contributed by atoms with Crippen LogP contribution in [0.4, 0.5) is 0 Å². The predicted octanol–water partition coefficient (Wildman–Crippen LogP) is 0.162. The number of hydrogen-bond donors (Lipinski definition) is 1. The lowest BCUT2D eigenvalue weighted by Gasteiger charge is -2.20. The third-order valence-corrected chi connectivity index (χ3v) is 3.17. The van der Waals surface area contributed by atoms with Crippen LogP contribution in [0.2, 0.25) is 6.04 Å². The lowest BCUT2D eigenvalue weighted by molar-refractivity contribution is 0.0655. The van der Waals surface area contributed by atoms with Crippen LogP contribution in [0.15, 0.2) is 0 Å². The van der Waals surface area contributed by atoms with Gasteiger partial charge in [0.1, 0.15) is 9.52 Å². The summed E-state index contributed by atoms with van der Waals surface area (Å²) in [6.45, 7) is 0. The molecule has 2 radical (unpaired) electrons. The molecule has 2 nitrogen and oxygen atoms in total. The molecule has 0 aliphatic carbocycles. The van der Waals surface area contributed by atoms with Gasteiger partial charge in [0.25, 0.3) is 0 Å². The van der Waals surface area contributed by atoms with Crippen LogP contribution in [0, 0.1) is 0 Å². The fourth-order valence-corrected chi connectivity index (χ4v) is 2.19. The van der Waals surface area contributed by atoms with E-state index in [0.717, 1.165) is 15.9 Å². The van der Waals surface area contributed by atoms with Crippen molar-refractivity contribution in [3.8, 4) is 0 Å². The Balaban J connectivity index is 2.40. The molecule has 1 aliphatic rings. The van der Waals surface area contributed by atoms with E-state index in [1.54, 1.807) is 7.11 Å². The van der Waals surface area contributed by atoms with Crippen molar-refractivity contribution in [2.75, 3.05) is 7.11 Å². The number of nitrogens with two attached hydrogens (primary N) is 1. The molecule has 0 saturated carbocycles. The summed E-state index contributed by atoms with van der Waals surface area (Å²) in [5.41, 5.74) is 5.75. The summed E-state index contributed by atoms with van der Waals surface area (Å²) in [6.07, 6.45) is 2.28. The standard InChI is InChI=1S/C5H11NOSi/c1-7-5(6)3-2-4-8-5/h2-4,6H2,1H3. The largest absolute Gasteiger partial charge is 0.368 e. The normalized spacial score (nSPS) is 38.2. The van der Waals surface area contributed by atoms with Crippen LogP contribution in [0.1, 0.15) is 12.8 Å². The van der Waals surface area contributed by atoms with Crippen LogP contribution in [-0.2, 0) is 4.74 Å². The van der Waals surface area contributed by atoms with Crippen molar-refractivity contribution in [3.63, 3.8) is 0 Å². The van der Waals surface area contributed by atoms with E-state index in [2.05, 4.69) is 0 Å². The van der Waals surface area contributed by atoms with Crippen molar-refractivity contribution < 1.29 is 4.74 Å². The lowest BCUT2D eigenvalue weighted by Crippen LogP contribution is -2.43. The molecule has 1 unspecified atom stereocenters. The van der Waals surface area contributed by atoms with Gasteiger partial charge >= 0.3 is 0 Å². The van der Waals surface area contributed by atoms with Gasteiger partial charge in [-0.05, 0) is 6.42 Å². The molecule has 1 saturated heterocycles. The topological polar surface area (TPSA) is 35.2 Å². The number of methoxy groups -OCH3 is 1. The number of rotatable bonds is 1. The minimum atomic E-state index is -0.236. The second-order valence-corrected chi connectivity index (χ2v) is 3.82. The van der Waals surface area contributed by atoms with Crippen LogP contribution in [0.5, 0.6) is 0 Å². The summed E-state index contributed by atoms with van der Waals surface area (Å²) in [5, 5.41) is -0.236. The summed E-state index contributed by atoms with van der Waals surface area (Å²) in [4.78, 5) is 0. The molecule has 0 bridgehead atoms. The third kappa shape index (κ3) is 1.10. The first kappa shape index (κ1) is 6.26. The Labute approximate surface area is 52.2 Å².